The standard InChI is InChI=1S/C17H22ClF5O2S/c1-2-3-4-12-5-7-13(8-6-12)17(24)25-14-9-10-16(15(18)11-14)26(19,20,21,22)23/h9-13H,2-8H2,1H3. The zero-order valence-electron chi connectivity index (χ0n) is 14.3. The number of hydrogen-bond donors (Lipinski definition) is 0. The molecule has 0 spiro atoms. The van der Waals surface area contributed by atoms with Gasteiger partial charge in [-0.2, -0.15) is 0 Å². The Balaban J connectivity index is 2.00. The van der Waals surface area contributed by atoms with Crippen LogP contribution in [0.25, 0.3) is 0 Å². The van der Waals surface area contributed by atoms with Crippen LogP contribution in [0.4, 0.5) is 19.4 Å². The summed E-state index contributed by atoms with van der Waals surface area (Å²) >= 11 is 5.37. The van der Waals surface area contributed by atoms with Gasteiger partial charge in [-0.15, -0.1) is 0 Å². The van der Waals surface area contributed by atoms with Gasteiger partial charge in [0.2, 0.25) is 0 Å². The monoisotopic (exact) mass is 420 g/mol. The molecule has 0 bridgehead atoms. The molecule has 2 nitrogen and oxygen atoms in total. The van der Waals surface area contributed by atoms with Crippen LogP contribution < -0.4 is 4.74 Å². The SMILES string of the molecule is CCCCC1CCC(C(=O)Oc2ccc(S(F)(F)(F)(F)F)c(Cl)c2)CC1. The molecule has 150 valence electrons. The summed E-state index contributed by atoms with van der Waals surface area (Å²) in [6, 6.07) is 1.47. The fourth-order valence-corrected chi connectivity index (χ4v) is 4.60. The maximum Gasteiger partial charge on any atom is 0.314 e. The van der Waals surface area contributed by atoms with Crippen molar-refractivity contribution >= 4 is 27.8 Å². The molecule has 0 saturated heterocycles. The largest absolute Gasteiger partial charge is 0.426 e. The van der Waals surface area contributed by atoms with Crippen molar-refractivity contribution in [3.05, 3.63) is 23.2 Å². The molecule has 1 aliphatic rings. The van der Waals surface area contributed by atoms with E-state index < -0.39 is 26.1 Å². The molecule has 2 rings (SSSR count). The zero-order chi connectivity index (χ0) is 19.7. The second kappa shape index (κ2) is 6.86. The number of unbranched alkanes of at least 4 members (excludes halogenated alkanes) is 1. The molecule has 0 N–H and O–H groups in total. The Morgan fingerprint density at radius 1 is 1.15 bits per heavy atom. The van der Waals surface area contributed by atoms with Crippen LogP contribution in [0.15, 0.2) is 23.1 Å². The third kappa shape index (κ3) is 5.74. The predicted molar refractivity (Wildman–Crippen MR) is 93.5 cm³/mol. The van der Waals surface area contributed by atoms with E-state index in [1.807, 2.05) is 0 Å². The summed E-state index contributed by atoms with van der Waals surface area (Å²) in [5.74, 6) is -0.569. The van der Waals surface area contributed by atoms with Gasteiger partial charge in [-0.25, -0.2) is 0 Å². The lowest BCUT2D eigenvalue weighted by Gasteiger charge is -2.41. The van der Waals surface area contributed by atoms with E-state index in [2.05, 4.69) is 6.92 Å². The average Bonchev–Trinajstić information content (AvgIpc) is 2.50. The Morgan fingerprint density at radius 3 is 2.27 bits per heavy atom. The first-order valence-corrected chi connectivity index (χ1v) is 10.9. The smallest absolute Gasteiger partial charge is 0.314 e. The molecule has 1 fully saturated rings. The van der Waals surface area contributed by atoms with Crippen LogP contribution in [0.5, 0.6) is 5.75 Å². The van der Waals surface area contributed by atoms with Crippen molar-refractivity contribution < 1.29 is 29.0 Å². The summed E-state index contributed by atoms with van der Waals surface area (Å²) in [6.45, 7) is 2.12. The van der Waals surface area contributed by atoms with Gasteiger partial charge in [0.05, 0.1) is 10.9 Å². The van der Waals surface area contributed by atoms with E-state index in [-0.39, 0.29) is 17.7 Å². The molecule has 26 heavy (non-hydrogen) atoms. The van der Waals surface area contributed by atoms with Gasteiger partial charge in [0.1, 0.15) is 10.6 Å². The van der Waals surface area contributed by atoms with Crippen molar-refractivity contribution in [1.82, 2.24) is 0 Å². The second-order valence-corrected chi connectivity index (χ2v) is 9.63. The molecule has 1 aromatic rings. The van der Waals surface area contributed by atoms with Crippen molar-refractivity contribution in [2.24, 2.45) is 11.8 Å². The summed E-state index contributed by atoms with van der Waals surface area (Å²) in [6.07, 6.45) is 6.53. The molecule has 0 heterocycles. The summed E-state index contributed by atoms with van der Waals surface area (Å²) in [5.41, 5.74) is 0. The first-order chi connectivity index (χ1) is 11.8. The van der Waals surface area contributed by atoms with Crippen LogP contribution in [0.1, 0.15) is 51.9 Å². The molecule has 1 aromatic carbocycles. The molecule has 0 amide bonds. The topological polar surface area (TPSA) is 26.3 Å². The van der Waals surface area contributed by atoms with Crippen molar-refractivity contribution in [2.45, 2.75) is 56.8 Å². The lowest BCUT2D eigenvalue weighted by atomic mass is 9.80. The maximum atomic E-state index is 12.8. The quantitative estimate of drug-likeness (QED) is 0.265. The van der Waals surface area contributed by atoms with Gasteiger partial charge >= 0.3 is 16.2 Å². The van der Waals surface area contributed by atoms with E-state index in [9.17, 15) is 24.2 Å². The molecular formula is C17H22ClF5O2S. The number of esters is 1. The lowest BCUT2D eigenvalue weighted by molar-refractivity contribution is -0.140. The highest BCUT2D eigenvalue weighted by atomic mass is 35.5. The Kier molecular flexibility index (Phi) is 5.61. The molecule has 0 radical (unpaired) electrons. The summed E-state index contributed by atoms with van der Waals surface area (Å²) < 4.78 is 69.2. The summed E-state index contributed by atoms with van der Waals surface area (Å²) in [4.78, 5) is 10.0. The van der Waals surface area contributed by atoms with E-state index in [1.54, 1.807) is 0 Å². The van der Waals surface area contributed by atoms with Crippen molar-refractivity contribution in [2.75, 3.05) is 0 Å². The van der Waals surface area contributed by atoms with Gasteiger partial charge in [0, 0.05) is 6.07 Å². The zero-order valence-corrected chi connectivity index (χ0v) is 15.9. The number of carbonyl (C=O) groups excluding carboxylic acids is 1. The number of ether oxygens (including phenoxy) is 1. The fourth-order valence-electron chi connectivity index (χ4n) is 3.24. The highest BCUT2D eigenvalue weighted by molar-refractivity contribution is 8.45. The summed E-state index contributed by atoms with van der Waals surface area (Å²) in [7, 11) is -9.88. The van der Waals surface area contributed by atoms with E-state index in [1.165, 1.54) is 0 Å². The molecule has 0 atom stereocenters. The third-order valence-corrected chi connectivity index (χ3v) is 6.30. The second-order valence-electron chi connectivity index (χ2n) is 6.84. The van der Waals surface area contributed by atoms with Crippen LogP contribution in [0, 0.1) is 11.8 Å². The number of hydrogen-bond acceptors (Lipinski definition) is 2. The normalized spacial score (nSPS) is 23.8. The van der Waals surface area contributed by atoms with Gasteiger partial charge in [-0.1, -0.05) is 57.2 Å². The molecule has 9 heteroatoms. The van der Waals surface area contributed by atoms with Crippen LogP contribution in [-0.4, -0.2) is 5.97 Å². The van der Waals surface area contributed by atoms with E-state index in [0.717, 1.165) is 32.1 Å². The van der Waals surface area contributed by atoms with Crippen LogP contribution in [0.2, 0.25) is 5.02 Å². The highest BCUT2D eigenvalue weighted by Gasteiger charge is 2.66. The fraction of sp³-hybridized carbons (Fsp3) is 0.588. The van der Waals surface area contributed by atoms with Gasteiger partial charge in [-0.05, 0) is 43.7 Å². The molecule has 0 aliphatic heterocycles. The van der Waals surface area contributed by atoms with Gasteiger partial charge in [0.15, 0.2) is 0 Å². The van der Waals surface area contributed by atoms with Crippen molar-refractivity contribution in [1.29, 1.82) is 0 Å². The van der Waals surface area contributed by atoms with Crippen molar-refractivity contribution in [3.8, 4) is 5.75 Å². The van der Waals surface area contributed by atoms with E-state index in [4.69, 9.17) is 16.3 Å². The minimum Gasteiger partial charge on any atom is -0.426 e. The first kappa shape index (κ1) is 21.3. The minimum atomic E-state index is -9.88. The third-order valence-electron chi connectivity index (χ3n) is 4.68. The Hall–Kier alpha value is -1.02. The van der Waals surface area contributed by atoms with Crippen LogP contribution in [-0.2, 0) is 4.79 Å². The van der Waals surface area contributed by atoms with E-state index in [0.29, 0.717) is 30.9 Å². The molecule has 0 aromatic heterocycles. The van der Waals surface area contributed by atoms with E-state index >= 15 is 0 Å². The summed E-state index contributed by atoms with van der Waals surface area (Å²) in [5, 5.41) is -1.18. The molecular weight excluding hydrogens is 399 g/mol. The predicted octanol–water partition coefficient (Wildman–Crippen LogP) is 7.90. The number of carbonyl (C=O) groups is 1. The van der Waals surface area contributed by atoms with Gasteiger partial charge in [0.25, 0.3) is 0 Å². The Morgan fingerprint density at radius 2 is 1.77 bits per heavy atom. The minimum absolute atomic E-state index is 0.161. The van der Waals surface area contributed by atoms with Gasteiger partial charge in [-0.3, -0.25) is 4.79 Å². The number of halogens is 6. The molecule has 1 aliphatic carbocycles. The average molecular weight is 421 g/mol. The maximum absolute atomic E-state index is 12.8. The van der Waals surface area contributed by atoms with Crippen LogP contribution in [0.3, 0.4) is 0 Å². The number of rotatable bonds is 6. The number of benzene rings is 1. The molecule has 1 saturated carbocycles. The van der Waals surface area contributed by atoms with Crippen molar-refractivity contribution in [3.63, 3.8) is 0 Å². The highest BCUT2D eigenvalue weighted by Crippen LogP contribution is 3.02. The first-order valence-electron chi connectivity index (χ1n) is 8.55. The molecule has 0 unspecified atom stereocenters. The Labute approximate surface area is 154 Å². The Bertz CT molecular complexity index is 670. The lowest BCUT2D eigenvalue weighted by Crippen LogP contribution is -2.25. The van der Waals surface area contributed by atoms with Gasteiger partial charge < -0.3 is 4.74 Å². The van der Waals surface area contributed by atoms with Crippen LogP contribution >= 0.6 is 21.8 Å².